The van der Waals surface area contributed by atoms with Gasteiger partial charge in [-0.2, -0.15) is 5.10 Å². The van der Waals surface area contributed by atoms with Crippen LogP contribution in [0, 0.1) is 13.8 Å². The van der Waals surface area contributed by atoms with Crippen molar-refractivity contribution in [2.45, 2.75) is 58.4 Å². The molecule has 1 N–H and O–H groups in total. The number of aromatic nitrogens is 3. The molecule has 3 aromatic rings. The van der Waals surface area contributed by atoms with Crippen LogP contribution in [-0.2, 0) is 11.2 Å². The molecule has 1 saturated carbocycles. The molecule has 0 radical (unpaired) electrons. The molecule has 0 saturated heterocycles. The maximum Gasteiger partial charge on any atom is 0.220 e. The first-order valence-electron chi connectivity index (χ1n) is 9.82. The molecule has 2 aromatic heterocycles. The Hall–Kier alpha value is -2.69. The van der Waals surface area contributed by atoms with Crippen molar-refractivity contribution in [1.82, 2.24) is 19.9 Å². The molecule has 140 valence electrons. The Morgan fingerprint density at radius 1 is 1.19 bits per heavy atom. The lowest BCUT2D eigenvalue weighted by Gasteiger charge is -2.13. The number of benzene rings is 1. The highest BCUT2D eigenvalue weighted by Gasteiger charge is 2.18. The van der Waals surface area contributed by atoms with Gasteiger partial charge in [-0.3, -0.25) is 4.79 Å². The zero-order chi connectivity index (χ0) is 18.8. The Morgan fingerprint density at radius 2 is 1.93 bits per heavy atom. The quantitative estimate of drug-likeness (QED) is 0.746. The summed E-state index contributed by atoms with van der Waals surface area (Å²) in [5.41, 5.74) is 6.01. The fourth-order valence-corrected chi connectivity index (χ4v) is 4.05. The number of nitrogens with zero attached hydrogens (tertiary/aromatic N) is 3. The lowest BCUT2D eigenvalue weighted by Crippen LogP contribution is -2.32. The van der Waals surface area contributed by atoms with Crippen molar-refractivity contribution in [3.63, 3.8) is 0 Å². The number of nitrogens with one attached hydrogen (secondary N) is 1. The van der Waals surface area contributed by atoms with Gasteiger partial charge in [0.2, 0.25) is 5.91 Å². The minimum atomic E-state index is 0.145. The molecule has 5 heteroatoms. The van der Waals surface area contributed by atoms with Crippen LogP contribution >= 0.6 is 0 Å². The molecule has 2 heterocycles. The van der Waals surface area contributed by atoms with Crippen LogP contribution < -0.4 is 5.32 Å². The fourth-order valence-electron chi connectivity index (χ4n) is 4.05. The van der Waals surface area contributed by atoms with E-state index in [1.165, 1.54) is 12.8 Å². The second-order valence-corrected chi connectivity index (χ2v) is 7.48. The number of hydrogen-bond donors (Lipinski definition) is 1. The Bertz CT molecular complexity index is 955. The zero-order valence-electron chi connectivity index (χ0n) is 16.0. The molecule has 5 nitrogen and oxygen atoms in total. The first-order chi connectivity index (χ1) is 13.1. The van der Waals surface area contributed by atoms with Gasteiger partial charge in [-0.25, -0.2) is 9.50 Å². The van der Waals surface area contributed by atoms with Gasteiger partial charge >= 0.3 is 0 Å². The van der Waals surface area contributed by atoms with Gasteiger partial charge in [-0.15, -0.1) is 0 Å². The van der Waals surface area contributed by atoms with E-state index in [0.717, 1.165) is 46.7 Å². The van der Waals surface area contributed by atoms with E-state index in [1.54, 1.807) is 0 Å². The third-order valence-corrected chi connectivity index (χ3v) is 5.56. The first kappa shape index (κ1) is 17.7. The van der Waals surface area contributed by atoms with Crippen LogP contribution in [-0.4, -0.2) is 26.5 Å². The second kappa shape index (κ2) is 7.51. The van der Waals surface area contributed by atoms with Crippen molar-refractivity contribution in [3.05, 3.63) is 53.3 Å². The Labute approximate surface area is 159 Å². The van der Waals surface area contributed by atoms with Gasteiger partial charge in [0.25, 0.3) is 0 Å². The minimum Gasteiger partial charge on any atom is -0.353 e. The lowest BCUT2D eigenvalue weighted by molar-refractivity contribution is -0.121. The maximum atomic E-state index is 12.3. The highest BCUT2D eigenvalue weighted by molar-refractivity contribution is 5.76. The summed E-state index contributed by atoms with van der Waals surface area (Å²) in [4.78, 5) is 17.0. The lowest BCUT2D eigenvalue weighted by atomic mass is 10.1. The number of carbonyl (C=O) groups is 1. The number of fused-ring (bicyclic) bond motifs is 1. The van der Waals surface area contributed by atoms with E-state index in [-0.39, 0.29) is 5.91 Å². The predicted octanol–water partition coefficient (Wildman–Crippen LogP) is 4.00. The number of rotatable bonds is 5. The van der Waals surface area contributed by atoms with Crippen LogP contribution in [0.25, 0.3) is 16.9 Å². The van der Waals surface area contributed by atoms with Crippen molar-refractivity contribution < 1.29 is 4.79 Å². The van der Waals surface area contributed by atoms with Gasteiger partial charge in [0, 0.05) is 35.5 Å². The maximum absolute atomic E-state index is 12.3. The third kappa shape index (κ3) is 3.72. The Balaban J connectivity index is 1.55. The monoisotopic (exact) mass is 362 g/mol. The SMILES string of the molecule is Cc1nc2cc(-c3ccccc3)nn2c(C)c1CCC(=O)NC1CCCC1. The molecule has 0 aliphatic heterocycles. The van der Waals surface area contributed by atoms with Gasteiger partial charge in [0.15, 0.2) is 5.65 Å². The van der Waals surface area contributed by atoms with Gasteiger partial charge in [0.1, 0.15) is 0 Å². The van der Waals surface area contributed by atoms with E-state index in [2.05, 4.69) is 24.4 Å². The zero-order valence-corrected chi connectivity index (χ0v) is 16.0. The van der Waals surface area contributed by atoms with E-state index < -0.39 is 0 Å². The van der Waals surface area contributed by atoms with Gasteiger partial charge in [-0.05, 0) is 38.7 Å². The molecule has 1 fully saturated rings. The van der Waals surface area contributed by atoms with Crippen molar-refractivity contribution in [1.29, 1.82) is 0 Å². The van der Waals surface area contributed by atoms with Gasteiger partial charge < -0.3 is 5.32 Å². The summed E-state index contributed by atoms with van der Waals surface area (Å²) >= 11 is 0. The van der Waals surface area contributed by atoms with Crippen molar-refractivity contribution in [2.24, 2.45) is 0 Å². The van der Waals surface area contributed by atoms with E-state index in [4.69, 9.17) is 10.1 Å². The smallest absolute Gasteiger partial charge is 0.220 e. The molecule has 1 amide bonds. The summed E-state index contributed by atoms with van der Waals surface area (Å²) in [5, 5.41) is 7.92. The average molecular weight is 362 g/mol. The van der Waals surface area contributed by atoms with Crippen molar-refractivity contribution >= 4 is 11.6 Å². The summed E-state index contributed by atoms with van der Waals surface area (Å²) in [6, 6.07) is 12.5. The Morgan fingerprint density at radius 3 is 2.67 bits per heavy atom. The van der Waals surface area contributed by atoms with Gasteiger partial charge in [-0.1, -0.05) is 43.2 Å². The van der Waals surface area contributed by atoms with Crippen LogP contribution in [0.3, 0.4) is 0 Å². The van der Waals surface area contributed by atoms with Gasteiger partial charge in [0.05, 0.1) is 5.69 Å². The molecule has 1 aliphatic carbocycles. The number of aryl methyl sites for hydroxylation is 2. The van der Waals surface area contributed by atoms with Crippen LogP contribution in [0.2, 0.25) is 0 Å². The molecular weight excluding hydrogens is 336 g/mol. The highest BCUT2D eigenvalue weighted by atomic mass is 16.1. The van der Waals surface area contributed by atoms with Crippen LogP contribution in [0.5, 0.6) is 0 Å². The van der Waals surface area contributed by atoms with Crippen molar-refractivity contribution in [3.8, 4) is 11.3 Å². The second-order valence-electron chi connectivity index (χ2n) is 7.48. The number of carbonyl (C=O) groups excluding carboxylic acids is 1. The van der Waals surface area contributed by atoms with E-state index in [0.29, 0.717) is 18.9 Å². The van der Waals surface area contributed by atoms with Crippen molar-refractivity contribution in [2.75, 3.05) is 0 Å². The minimum absolute atomic E-state index is 0.145. The molecule has 0 spiro atoms. The highest BCUT2D eigenvalue weighted by Crippen LogP contribution is 2.23. The summed E-state index contributed by atoms with van der Waals surface area (Å²) in [6.45, 7) is 4.08. The van der Waals surface area contributed by atoms with Crippen LogP contribution in [0.15, 0.2) is 36.4 Å². The predicted molar refractivity (Wildman–Crippen MR) is 107 cm³/mol. The van der Waals surface area contributed by atoms with Crippen LogP contribution in [0.4, 0.5) is 0 Å². The molecule has 0 unspecified atom stereocenters. The number of hydrogen-bond acceptors (Lipinski definition) is 3. The summed E-state index contributed by atoms with van der Waals surface area (Å²) in [5.74, 6) is 0.145. The molecule has 4 rings (SSSR count). The van der Waals surface area contributed by atoms with E-state index in [1.807, 2.05) is 35.7 Å². The summed E-state index contributed by atoms with van der Waals surface area (Å²) in [7, 11) is 0. The Kier molecular flexibility index (Phi) is 4.92. The largest absolute Gasteiger partial charge is 0.353 e. The third-order valence-electron chi connectivity index (χ3n) is 5.56. The van der Waals surface area contributed by atoms with E-state index >= 15 is 0 Å². The fraction of sp³-hybridized carbons (Fsp3) is 0.409. The first-order valence-corrected chi connectivity index (χ1v) is 9.82. The van der Waals surface area contributed by atoms with E-state index in [9.17, 15) is 4.79 Å². The summed E-state index contributed by atoms with van der Waals surface area (Å²) < 4.78 is 1.90. The standard InChI is InChI=1S/C22H26N4O/c1-15-19(12-13-22(27)24-18-10-6-7-11-18)16(2)26-21(23-15)14-20(25-26)17-8-4-3-5-9-17/h3-5,8-9,14,18H,6-7,10-13H2,1-2H3,(H,24,27). The van der Waals surface area contributed by atoms with Crippen LogP contribution in [0.1, 0.15) is 49.1 Å². The number of amides is 1. The molecule has 1 aromatic carbocycles. The average Bonchev–Trinajstić information content (AvgIpc) is 3.32. The molecule has 0 atom stereocenters. The molecule has 1 aliphatic rings. The topological polar surface area (TPSA) is 59.3 Å². The molecule has 0 bridgehead atoms. The molecule has 27 heavy (non-hydrogen) atoms. The summed E-state index contributed by atoms with van der Waals surface area (Å²) in [6.07, 6.45) is 5.89. The molecular formula is C22H26N4O. The normalized spacial score (nSPS) is 14.7.